The lowest BCUT2D eigenvalue weighted by atomic mass is 10.1. The molecule has 0 fully saturated rings. The number of rotatable bonds is 4. The minimum Gasteiger partial charge on any atom is -0.507 e. The van der Waals surface area contributed by atoms with Gasteiger partial charge >= 0.3 is 5.97 Å². The molecule has 0 atom stereocenters. The highest BCUT2D eigenvalue weighted by Crippen LogP contribution is 2.24. The first-order valence-corrected chi connectivity index (χ1v) is 6.50. The number of fused-ring (bicyclic) bond motifs is 1. The number of benzene rings is 1. The highest BCUT2D eigenvalue weighted by atomic mass is 16.4. The number of nitrogens with zero attached hydrogens (tertiary/aromatic N) is 1. The molecular weight excluding hydrogens is 258 g/mol. The molecule has 0 spiro atoms. The van der Waals surface area contributed by atoms with Gasteiger partial charge in [-0.1, -0.05) is 13.8 Å². The Kier molecular flexibility index (Phi) is 3.79. The number of pyridine rings is 1. The van der Waals surface area contributed by atoms with E-state index in [4.69, 9.17) is 5.11 Å². The highest BCUT2D eigenvalue weighted by Gasteiger charge is 2.11. The molecule has 106 valence electrons. The standard InChI is InChI=1S/C15H17NO4/c1-9(2)5-6-16-12-4-3-10(15(19)20)7-11(12)13(17)8-14(16)18/h3-4,7-9,17H,5-6H2,1-2H3,(H,19,20). The zero-order valence-corrected chi connectivity index (χ0v) is 11.5. The Morgan fingerprint density at radius 1 is 1.30 bits per heavy atom. The quantitative estimate of drug-likeness (QED) is 0.898. The van der Waals surface area contributed by atoms with E-state index in [-0.39, 0.29) is 16.9 Å². The van der Waals surface area contributed by atoms with E-state index in [1.165, 1.54) is 12.1 Å². The topological polar surface area (TPSA) is 79.5 Å². The van der Waals surface area contributed by atoms with E-state index in [2.05, 4.69) is 13.8 Å². The Balaban J connectivity index is 2.63. The maximum absolute atomic E-state index is 12.0. The van der Waals surface area contributed by atoms with Gasteiger partial charge in [0.15, 0.2) is 0 Å². The summed E-state index contributed by atoms with van der Waals surface area (Å²) in [6.45, 7) is 4.67. The number of hydrogen-bond acceptors (Lipinski definition) is 3. The Bertz CT molecular complexity index is 716. The summed E-state index contributed by atoms with van der Waals surface area (Å²) in [6, 6.07) is 5.53. The summed E-state index contributed by atoms with van der Waals surface area (Å²) in [6.07, 6.45) is 0.834. The molecule has 5 heteroatoms. The van der Waals surface area contributed by atoms with E-state index >= 15 is 0 Å². The van der Waals surface area contributed by atoms with Crippen LogP contribution in [-0.2, 0) is 6.54 Å². The van der Waals surface area contributed by atoms with Crippen molar-refractivity contribution in [2.45, 2.75) is 26.8 Å². The normalized spacial score (nSPS) is 11.2. The molecule has 20 heavy (non-hydrogen) atoms. The monoisotopic (exact) mass is 275 g/mol. The summed E-state index contributed by atoms with van der Waals surface area (Å²) in [7, 11) is 0. The fourth-order valence-electron chi connectivity index (χ4n) is 2.12. The van der Waals surface area contributed by atoms with Crippen molar-refractivity contribution in [1.82, 2.24) is 4.57 Å². The molecule has 2 N–H and O–H groups in total. The number of aryl methyl sites for hydroxylation is 1. The number of aromatic nitrogens is 1. The maximum Gasteiger partial charge on any atom is 0.335 e. The molecule has 2 aromatic rings. The molecule has 5 nitrogen and oxygen atoms in total. The largest absolute Gasteiger partial charge is 0.507 e. The predicted octanol–water partition coefficient (Wildman–Crippen LogP) is 2.45. The minimum atomic E-state index is -1.06. The Labute approximate surface area is 116 Å². The summed E-state index contributed by atoms with van der Waals surface area (Å²) in [4.78, 5) is 22.9. The minimum absolute atomic E-state index is 0.0851. The highest BCUT2D eigenvalue weighted by molar-refractivity contribution is 5.95. The third kappa shape index (κ3) is 2.66. The molecule has 0 saturated heterocycles. The van der Waals surface area contributed by atoms with E-state index in [1.54, 1.807) is 10.6 Å². The van der Waals surface area contributed by atoms with Crippen molar-refractivity contribution < 1.29 is 15.0 Å². The van der Waals surface area contributed by atoms with Crippen LogP contribution in [-0.4, -0.2) is 20.7 Å². The molecule has 0 bridgehead atoms. The molecule has 2 rings (SSSR count). The summed E-state index contributed by atoms with van der Waals surface area (Å²) in [5, 5.41) is 19.2. The third-order valence-corrected chi connectivity index (χ3v) is 3.27. The Morgan fingerprint density at radius 3 is 2.60 bits per heavy atom. The molecule has 0 radical (unpaired) electrons. The third-order valence-electron chi connectivity index (χ3n) is 3.27. The fourth-order valence-corrected chi connectivity index (χ4v) is 2.12. The van der Waals surface area contributed by atoms with E-state index in [9.17, 15) is 14.7 Å². The number of carboxylic acid groups (broad SMARTS) is 1. The summed E-state index contributed by atoms with van der Waals surface area (Å²) in [5.41, 5.74) is 0.362. The molecule has 1 aromatic heterocycles. The van der Waals surface area contributed by atoms with Crippen molar-refractivity contribution in [2.75, 3.05) is 0 Å². The van der Waals surface area contributed by atoms with Crippen LogP contribution in [0.2, 0.25) is 0 Å². The van der Waals surface area contributed by atoms with E-state index in [1.807, 2.05) is 0 Å². The van der Waals surface area contributed by atoms with Gasteiger partial charge in [0.25, 0.3) is 5.56 Å². The van der Waals surface area contributed by atoms with Crippen molar-refractivity contribution in [2.24, 2.45) is 5.92 Å². The van der Waals surface area contributed by atoms with Gasteiger partial charge in [0, 0.05) is 18.0 Å². The van der Waals surface area contributed by atoms with Crippen molar-refractivity contribution in [3.05, 3.63) is 40.2 Å². The van der Waals surface area contributed by atoms with Gasteiger partial charge < -0.3 is 14.8 Å². The van der Waals surface area contributed by atoms with Gasteiger partial charge in [-0.3, -0.25) is 4.79 Å². The lowest BCUT2D eigenvalue weighted by Gasteiger charge is -2.13. The molecule has 0 aliphatic heterocycles. The van der Waals surface area contributed by atoms with Crippen LogP contribution in [0.25, 0.3) is 10.9 Å². The lowest BCUT2D eigenvalue weighted by Crippen LogP contribution is -2.20. The van der Waals surface area contributed by atoms with Crippen molar-refractivity contribution in [1.29, 1.82) is 0 Å². The summed E-state index contributed by atoms with van der Waals surface area (Å²) >= 11 is 0. The first kappa shape index (κ1) is 14.1. The van der Waals surface area contributed by atoms with Crippen molar-refractivity contribution in [3.63, 3.8) is 0 Å². The van der Waals surface area contributed by atoms with Gasteiger partial charge in [-0.05, 0) is 30.5 Å². The molecule has 0 saturated carbocycles. The van der Waals surface area contributed by atoms with Crippen LogP contribution >= 0.6 is 0 Å². The van der Waals surface area contributed by atoms with E-state index in [0.717, 1.165) is 12.5 Å². The van der Waals surface area contributed by atoms with Gasteiger partial charge in [0.05, 0.1) is 11.1 Å². The second-order valence-corrected chi connectivity index (χ2v) is 5.24. The van der Waals surface area contributed by atoms with Gasteiger partial charge in [-0.25, -0.2) is 4.79 Å². The number of carbonyl (C=O) groups is 1. The smallest absolute Gasteiger partial charge is 0.335 e. The van der Waals surface area contributed by atoms with Crippen LogP contribution in [0.3, 0.4) is 0 Å². The molecule has 0 aliphatic rings. The average molecular weight is 275 g/mol. The molecule has 1 aromatic carbocycles. The Morgan fingerprint density at radius 2 is 2.00 bits per heavy atom. The lowest BCUT2D eigenvalue weighted by molar-refractivity contribution is 0.0697. The fraction of sp³-hybridized carbons (Fsp3) is 0.333. The summed E-state index contributed by atoms with van der Waals surface area (Å²) in [5.74, 6) is -0.802. The zero-order chi connectivity index (χ0) is 14.9. The number of aromatic carboxylic acids is 1. The van der Waals surface area contributed by atoms with Crippen LogP contribution < -0.4 is 5.56 Å². The molecular formula is C15H17NO4. The van der Waals surface area contributed by atoms with Crippen LogP contribution in [0, 0.1) is 5.92 Å². The summed E-state index contributed by atoms with van der Waals surface area (Å²) < 4.78 is 1.57. The van der Waals surface area contributed by atoms with E-state index < -0.39 is 5.97 Å². The second kappa shape index (κ2) is 5.36. The van der Waals surface area contributed by atoms with Crippen LogP contribution in [0.5, 0.6) is 5.75 Å². The molecule has 0 amide bonds. The van der Waals surface area contributed by atoms with Crippen LogP contribution in [0.1, 0.15) is 30.6 Å². The predicted molar refractivity (Wildman–Crippen MR) is 76.3 cm³/mol. The van der Waals surface area contributed by atoms with Crippen LogP contribution in [0.15, 0.2) is 29.1 Å². The van der Waals surface area contributed by atoms with Gasteiger partial charge in [0.1, 0.15) is 5.75 Å². The van der Waals surface area contributed by atoms with Crippen molar-refractivity contribution in [3.8, 4) is 5.75 Å². The average Bonchev–Trinajstić information content (AvgIpc) is 2.37. The van der Waals surface area contributed by atoms with Gasteiger partial charge in [-0.2, -0.15) is 0 Å². The van der Waals surface area contributed by atoms with E-state index in [0.29, 0.717) is 23.4 Å². The molecule has 0 aliphatic carbocycles. The number of carboxylic acids is 1. The van der Waals surface area contributed by atoms with Gasteiger partial charge in [-0.15, -0.1) is 0 Å². The van der Waals surface area contributed by atoms with Crippen molar-refractivity contribution >= 4 is 16.9 Å². The molecule has 0 unspecified atom stereocenters. The number of hydrogen-bond donors (Lipinski definition) is 2. The zero-order valence-electron chi connectivity index (χ0n) is 11.5. The first-order valence-electron chi connectivity index (χ1n) is 6.50. The SMILES string of the molecule is CC(C)CCn1c(=O)cc(O)c2cc(C(=O)O)ccc21. The Hall–Kier alpha value is -2.30. The maximum atomic E-state index is 12.0. The number of aromatic hydroxyl groups is 1. The van der Waals surface area contributed by atoms with Gasteiger partial charge in [0.2, 0.25) is 0 Å². The second-order valence-electron chi connectivity index (χ2n) is 5.24. The first-order chi connectivity index (χ1) is 9.40. The van der Waals surface area contributed by atoms with Crippen LogP contribution in [0.4, 0.5) is 0 Å². The molecule has 1 heterocycles.